The minimum Gasteiger partial charge on any atom is -0.387 e. The summed E-state index contributed by atoms with van der Waals surface area (Å²) in [6.07, 6.45) is -0.838. The Morgan fingerprint density at radius 1 is 1.34 bits per heavy atom. The molecule has 2 aromatic rings. The molecule has 154 valence electrons. The zero-order valence-corrected chi connectivity index (χ0v) is 16.1. The summed E-state index contributed by atoms with van der Waals surface area (Å²) in [5.74, 6) is -0.232. The molecule has 2 N–H and O–H groups in total. The Labute approximate surface area is 167 Å². The smallest absolute Gasteiger partial charge is 0.351 e. The average Bonchev–Trinajstić information content (AvgIpc) is 3.16. The monoisotopic (exact) mass is 401 g/mol. The Morgan fingerprint density at radius 3 is 2.76 bits per heavy atom. The molecule has 0 saturated carbocycles. The van der Waals surface area contributed by atoms with Gasteiger partial charge in [0.1, 0.15) is 29.7 Å². The third-order valence-electron chi connectivity index (χ3n) is 5.55. The van der Waals surface area contributed by atoms with Crippen molar-refractivity contribution in [1.82, 2.24) is 9.55 Å². The van der Waals surface area contributed by atoms with Crippen LogP contribution in [0.5, 0.6) is 0 Å². The topological polar surface area (TPSA) is 112 Å². The second-order valence-corrected chi connectivity index (χ2v) is 7.13. The number of fused-ring (bicyclic) bond motifs is 2. The van der Waals surface area contributed by atoms with Crippen LogP contribution in [0.1, 0.15) is 29.9 Å². The quantitative estimate of drug-likeness (QED) is 0.741. The van der Waals surface area contributed by atoms with Crippen molar-refractivity contribution in [3.63, 3.8) is 0 Å². The standard InChI is InChI=1S/C20H23N3O6/c1-3-20-13(11-27-2)28-15(16(20)24)18(29-20)23-10-9-14(22-19(23)26)21-17(25)12-7-5-4-6-8-12/h4-10,13,15-16,18,24H,3,11H2,1-2H3,(H,21,22,25,26)/t13-,15-,16+,18-,20+/m1/s1. The molecule has 3 heterocycles. The summed E-state index contributed by atoms with van der Waals surface area (Å²) < 4.78 is 18.5. The van der Waals surface area contributed by atoms with Gasteiger partial charge in [0, 0.05) is 18.9 Å². The second-order valence-electron chi connectivity index (χ2n) is 7.13. The van der Waals surface area contributed by atoms with Crippen LogP contribution in [0.2, 0.25) is 0 Å². The van der Waals surface area contributed by atoms with Gasteiger partial charge in [-0.3, -0.25) is 9.36 Å². The molecule has 1 aromatic heterocycles. The normalized spacial score (nSPS) is 30.4. The number of ether oxygens (including phenoxy) is 3. The van der Waals surface area contributed by atoms with Crippen molar-refractivity contribution >= 4 is 11.7 Å². The van der Waals surface area contributed by atoms with Crippen molar-refractivity contribution in [3.8, 4) is 0 Å². The highest BCUT2D eigenvalue weighted by Crippen LogP contribution is 2.50. The van der Waals surface area contributed by atoms with Crippen LogP contribution in [0.3, 0.4) is 0 Å². The van der Waals surface area contributed by atoms with Crippen LogP contribution >= 0.6 is 0 Å². The maximum Gasteiger partial charge on any atom is 0.351 e. The molecular weight excluding hydrogens is 378 g/mol. The number of anilines is 1. The van der Waals surface area contributed by atoms with Crippen LogP contribution in [0, 0.1) is 0 Å². The molecule has 2 bridgehead atoms. The number of aliphatic hydroxyl groups is 1. The molecule has 9 nitrogen and oxygen atoms in total. The van der Waals surface area contributed by atoms with E-state index in [-0.39, 0.29) is 18.3 Å². The van der Waals surface area contributed by atoms with Crippen LogP contribution < -0.4 is 11.0 Å². The van der Waals surface area contributed by atoms with Gasteiger partial charge in [-0.2, -0.15) is 4.98 Å². The van der Waals surface area contributed by atoms with E-state index in [1.165, 1.54) is 16.8 Å². The number of hydrogen-bond acceptors (Lipinski definition) is 7. The molecule has 1 aromatic carbocycles. The van der Waals surface area contributed by atoms with E-state index in [1.54, 1.807) is 31.4 Å². The molecular formula is C20H23N3O6. The molecule has 0 spiro atoms. The van der Waals surface area contributed by atoms with Crippen LogP contribution in [0.25, 0.3) is 0 Å². The fourth-order valence-corrected chi connectivity index (χ4v) is 4.03. The van der Waals surface area contributed by atoms with Crippen LogP contribution in [-0.2, 0) is 14.2 Å². The number of rotatable bonds is 6. The van der Waals surface area contributed by atoms with Crippen molar-refractivity contribution in [2.24, 2.45) is 0 Å². The van der Waals surface area contributed by atoms with Crippen molar-refractivity contribution in [2.45, 2.75) is 43.5 Å². The number of carbonyl (C=O) groups excluding carboxylic acids is 1. The van der Waals surface area contributed by atoms with E-state index >= 15 is 0 Å². The minimum absolute atomic E-state index is 0.132. The summed E-state index contributed by atoms with van der Waals surface area (Å²) in [5.41, 5.74) is -1.09. The Hall–Kier alpha value is -2.59. The lowest BCUT2D eigenvalue weighted by Gasteiger charge is -2.36. The minimum atomic E-state index is -0.940. The molecule has 2 aliphatic heterocycles. The summed E-state index contributed by atoms with van der Waals surface area (Å²) in [7, 11) is 1.56. The lowest BCUT2D eigenvalue weighted by molar-refractivity contribution is -0.223. The van der Waals surface area contributed by atoms with Gasteiger partial charge in [0.2, 0.25) is 0 Å². The zero-order chi connectivity index (χ0) is 20.6. The molecule has 0 radical (unpaired) electrons. The third kappa shape index (κ3) is 3.25. The summed E-state index contributed by atoms with van der Waals surface area (Å²) >= 11 is 0. The molecule has 4 rings (SSSR count). The molecule has 9 heteroatoms. The Bertz CT molecular complexity index is 949. The number of amides is 1. The zero-order valence-electron chi connectivity index (χ0n) is 16.1. The highest BCUT2D eigenvalue weighted by molar-refractivity contribution is 6.03. The number of aliphatic hydroxyl groups excluding tert-OH is 1. The molecule has 2 aliphatic rings. The van der Waals surface area contributed by atoms with Crippen molar-refractivity contribution in [3.05, 3.63) is 58.6 Å². The second kappa shape index (κ2) is 7.68. The number of methoxy groups -OCH3 is 1. The fourth-order valence-electron chi connectivity index (χ4n) is 4.03. The first kappa shape index (κ1) is 19.7. The van der Waals surface area contributed by atoms with Crippen LogP contribution in [0.15, 0.2) is 47.4 Å². The van der Waals surface area contributed by atoms with E-state index in [2.05, 4.69) is 10.3 Å². The molecule has 0 aliphatic carbocycles. The molecule has 1 amide bonds. The largest absolute Gasteiger partial charge is 0.387 e. The van der Waals surface area contributed by atoms with E-state index in [4.69, 9.17) is 14.2 Å². The van der Waals surface area contributed by atoms with Gasteiger partial charge < -0.3 is 24.6 Å². The third-order valence-corrected chi connectivity index (χ3v) is 5.55. The van der Waals surface area contributed by atoms with Crippen molar-refractivity contribution < 1.29 is 24.1 Å². The summed E-state index contributed by atoms with van der Waals surface area (Å²) in [5, 5.41) is 13.3. The highest BCUT2D eigenvalue weighted by Gasteiger charge is 2.66. The van der Waals surface area contributed by atoms with Crippen molar-refractivity contribution in [2.75, 3.05) is 19.0 Å². The predicted molar refractivity (Wildman–Crippen MR) is 103 cm³/mol. The van der Waals surface area contributed by atoms with Gasteiger partial charge in [-0.15, -0.1) is 0 Å². The van der Waals surface area contributed by atoms with E-state index in [0.29, 0.717) is 12.0 Å². The van der Waals surface area contributed by atoms with Crippen LogP contribution in [0.4, 0.5) is 5.82 Å². The van der Waals surface area contributed by atoms with Gasteiger partial charge in [-0.1, -0.05) is 25.1 Å². The molecule has 5 atom stereocenters. The Balaban J connectivity index is 1.54. The van der Waals surface area contributed by atoms with E-state index in [0.717, 1.165) is 0 Å². The van der Waals surface area contributed by atoms with E-state index in [9.17, 15) is 14.7 Å². The molecule has 0 unspecified atom stereocenters. The van der Waals surface area contributed by atoms with Gasteiger partial charge in [0.05, 0.1) is 6.61 Å². The number of carbonyl (C=O) groups is 1. The predicted octanol–water partition coefficient (Wildman–Crippen LogP) is 0.948. The number of hydrogen-bond donors (Lipinski definition) is 2. The first-order valence-electron chi connectivity index (χ1n) is 9.46. The van der Waals surface area contributed by atoms with E-state index < -0.39 is 35.8 Å². The summed E-state index contributed by atoms with van der Waals surface area (Å²) in [6.45, 7) is 2.18. The van der Waals surface area contributed by atoms with Crippen molar-refractivity contribution in [1.29, 1.82) is 0 Å². The number of nitrogens with zero attached hydrogens (tertiary/aromatic N) is 2. The van der Waals surface area contributed by atoms with Crippen LogP contribution in [-0.4, -0.2) is 58.2 Å². The first-order valence-corrected chi connectivity index (χ1v) is 9.46. The highest BCUT2D eigenvalue weighted by atomic mass is 16.7. The van der Waals surface area contributed by atoms with E-state index in [1.807, 2.05) is 13.0 Å². The average molecular weight is 401 g/mol. The SMILES string of the molecule is CC[C@]12O[C@@H](n3ccc(NC(=O)c4ccccc4)nc3=O)[C@H](O[C@@H]1COC)[C@@H]2O. The number of aromatic nitrogens is 2. The first-order chi connectivity index (χ1) is 14.0. The number of benzene rings is 1. The fraction of sp³-hybridized carbons (Fsp3) is 0.450. The number of nitrogens with one attached hydrogen (secondary N) is 1. The van der Waals surface area contributed by atoms with Gasteiger partial charge >= 0.3 is 5.69 Å². The summed E-state index contributed by atoms with van der Waals surface area (Å²) in [4.78, 5) is 28.8. The maximum atomic E-state index is 12.6. The van der Waals surface area contributed by atoms with Gasteiger partial charge in [0.15, 0.2) is 6.23 Å². The Kier molecular flexibility index (Phi) is 5.22. The van der Waals surface area contributed by atoms with Gasteiger partial charge in [-0.25, -0.2) is 4.79 Å². The molecule has 2 fully saturated rings. The molecule has 2 saturated heterocycles. The molecule has 29 heavy (non-hydrogen) atoms. The maximum absolute atomic E-state index is 12.6. The van der Waals surface area contributed by atoms with Gasteiger partial charge in [0.25, 0.3) is 5.91 Å². The lowest BCUT2D eigenvalue weighted by Crippen LogP contribution is -2.49. The lowest BCUT2D eigenvalue weighted by atomic mass is 9.90. The summed E-state index contributed by atoms with van der Waals surface area (Å²) in [6, 6.07) is 10.1. The Morgan fingerprint density at radius 2 is 2.10 bits per heavy atom. The van der Waals surface area contributed by atoms with Gasteiger partial charge in [-0.05, 0) is 24.6 Å².